The van der Waals surface area contributed by atoms with Gasteiger partial charge in [-0.05, 0) is 38.4 Å². The van der Waals surface area contributed by atoms with Crippen LogP contribution in [0.3, 0.4) is 0 Å². The largest absolute Gasteiger partial charge is 0.319 e. The summed E-state index contributed by atoms with van der Waals surface area (Å²) in [6.07, 6.45) is 4.02. The minimum Gasteiger partial charge on any atom is -0.319 e. The van der Waals surface area contributed by atoms with Crippen molar-refractivity contribution < 1.29 is 0 Å². The molecule has 2 heteroatoms. The van der Waals surface area contributed by atoms with E-state index >= 15 is 0 Å². The first-order chi connectivity index (χ1) is 9.19. The number of likely N-dealkylation sites (tertiary alicyclic amines) is 1. The van der Waals surface area contributed by atoms with Crippen molar-refractivity contribution in [1.82, 2.24) is 10.2 Å². The first-order valence-corrected chi connectivity index (χ1v) is 7.64. The summed E-state index contributed by atoms with van der Waals surface area (Å²) in [5.41, 5.74) is 1.65. The summed E-state index contributed by atoms with van der Waals surface area (Å²) in [7, 11) is 2.06. The first-order valence-electron chi connectivity index (χ1n) is 7.64. The molecule has 0 amide bonds. The van der Waals surface area contributed by atoms with Crippen molar-refractivity contribution in [2.45, 2.75) is 44.6 Å². The van der Waals surface area contributed by atoms with Crippen LogP contribution in [-0.2, 0) is 5.41 Å². The summed E-state index contributed by atoms with van der Waals surface area (Å²) in [5.74, 6) is 0. The minimum atomic E-state index is 0.202. The Morgan fingerprint density at radius 1 is 1.32 bits per heavy atom. The fraction of sp³-hybridized carbons (Fsp3) is 0.647. The van der Waals surface area contributed by atoms with Gasteiger partial charge in [-0.2, -0.15) is 0 Å². The standard InChI is InChI=1S/C17H28N2/c1-4-16-11-8-12-19(16)14-17(2,13-18-3)15-9-6-5-7-10-15/h5-7,9-10,16,18H,4,8,11-14H2,1-3H3. The first kappa shape index (κ1) is 14.5. The zero-order valence-electron chi connectivity index (χ0n) is 12.7. The molecule has 0 bridgehead atoms. The van der Waals surface area contributed by atoms with Gasteiger partial charge in [-0.1, -0.05) is 44.2 Å². The molecular weight excluding hydrogens is 232 g/mol. The van der Waals surface area contributed by atoms with Gasteiger partial charge in [0.15, 0.2) is 0 Å². The number of nitrogens with one attached hydrogen (secondary N) is 1. The molecule has 2 nitrogen and oxygen atoms in total. The smallest absolute Gasteiger partial charge is 0.0177 e. The van der Waals surface area contributed by atoms with E-state index < -0.39 is 0 Å². The van der Waals surface area contributed by atoms with Crippen LogP contribution < -0.4 is 5.32 Å². The summed E-state index contributed by atoms with van der Waals surface area (Å²) in [5, 5.41) is 3.39. The quantitative estimate of drug-likeness (QED) is 0.846. The van der Waals surface area contributed by atoms with Crippen LogP contribution in [0.15, 0.2) is 30.3 Å². The van der Waals surface area contributed by atoms with Gasteiger partial charge in [-0.15, -0.1) is 0 Å². The maximum Gasteiger partial charge on any atom is 0.0177 e. The summed E-state index contributed by atoms with van der Waals surface area (Å²) < 4.78 is 0. The van der Waals surface area contributed by atoms with Gasteiger partial charge in [-0.25, -0.2) is 0 Å². The van der Waals surface area contributed by atoms with Gasteiger partial charge >= 0.3 is 0 Å². The van der Waals surface area contributed by atoms with Crippen LogP contribution in [0.2, 0.25) is 0 Å². The lowest BCUT2D eigenvalue weighted by Gasteiger charge is -2.37. The molecule has 0 spiro atoms. The highest BCUT2D eigenvalue weighted by Crippen LogP contribution is 2.29. The third kappa shape index (κ3) is 3.37. The Kier molecular flexibility index (Phi) is 5.00. The van der Waals surface area contributed by atoms with Crippen LogP contribution in [0.4, 0.5) is 0 Å². The second-order valence-corrected chi connectivity index (χ2v) is 6.13. The van der Waals surface area contributed by atoms with Crippen LogP contribution in [0, 0.1) is 0 Å². The van der Waals surface area contributed by atoms with E-state index in [4.69, 9.17) is 0 Å². The number of benzene rings is 1. The molecule has 2 unspecified atom stereocenters. The Bertz CT molecular complexity index is 376. The van der Waals surface area contributed by atoms with Gasteiger partial charge in [0.25, 0.3) is 0 Å². The number of nitrogens with zero attached hydrogens (tertiary/aromatic N) is 1. The molecule has 0 saturated carbocycles. The molecule has 1 aliphatic heterocycles. The normalized spacial score (nSPS) is 23.4. The Morgan fingerprint density at radius 3 is 2.68 bits per heavy atom. The lowest BCUT2D eigenvalue weighted by molar-refractivity contribution is 0.194. The third-order valence-corrected chi connectivity index (χ3v) is 4.56. The van der Waals surface area contributed by atoms with Crippen LogP contribution in [-0.4, -0.2) is 37.6 Å². The highest BCUT2D eigenvalue weighted by atomic mass is 15.2. The van der Waals surface area contributed by atoms with Gasteiger partial charge in [0.05, 0.1) is 0 Å². The molecule has 1 N–H and O–H groups in total. The Labute approximate surface area is 118 Å². The van der Waals surface area contributed by atoms with E-state index in [1.165, 1.54) is 31.4 Å². The van der Waals surface area contributed by atoms with E-state index in [-0.39, 0.29) is 5.41 Å². The van der Waals surface area contributed by atoms with Crippen LogP contribution in [0.1, 0.15) is 38.7 Å². The predicted molar refractivity (Wildman–Crippen MR) is 82.6 cm³/mol. The SMILES string of the molecule is CCC1CCCN1CC(C)(CNC)c1ccccc1. The van der Waals surface area contributed by atoms with Crippen molar-refractivity contribution in [1.29, 1.82) is 0 Å². The average Bonchev–Trinajstić information content (AvgIpc) is 2.87. The van der Waals surface area contributed by atoms with E-state index in [9.17, 15) is 0 Å². The highest BCUT2D eigenvalue weighted by Gasteiger charge is 2.32. The molecule has 1 fully saturated rings. The molecule has 2 rings (SSSR count). The summed E-state index contributed by atoms with van der Waals surface area (Å²) in [4.78, 5) is 2.70. The summed E-state index contributed by atoms with van der Waals surface area (Å²) >= 11 is 0. The minimum absolute atomic E-state index is 0.202. The Morgan fingerprint density at radius 2 is 2.05 bits per heavy atom. The molecule has 1 heterocycles. The van der Waals surface area contributed by atoms with Crippen molar-refractivity contribution in [2.75, 3.05) is 26.7 Å². The summed E-state index contributed by atoms with van der Waals surface area (Å²) in [6, 6.07) is 11.8. The number of hydrogen-bond acceptors (Lipinski definition) is 2. The number of rotatable bonds is 6. The molecule has 106 valence electrons. The molecule has 0 aliphatic carbocycles. The highest BCUT2D eigenvalue weighted by molar-refractivity contribution is 5.25. The van der Waals surface area contributed by atoms with Crippen LogP contribution in [0.25, 0.3) is 0 Å². The van der Waals surface area contributed by atoms with E-state index in [1.807, 2.05) is 0 Å². The molecule has 1 aromatic carbocycles. The van der Waals surface area contributed by atoms with Gasteiger partial charge in [0.1, 0.15) is 0 Å². The van der Waals surface area contributed by atoms with Crippen LogP contribution in [0.5, 0.6) is 0 Å². The van der Waals surface area contributed by atoms with E-state index in [0.717, 1.165) is 19.1 Å². The monoisotopic (exact) mass is 260 g/mol. The summed E-state index contributed by atoms with van der Waals surface area (Å²) in [6.45, 7) is 8.18. The average molecular weight is 260 g/mol. The molecule has 0 radical (unpaired) electrons. The third-order valence-electron chi connectivity index (χ3n) is 4.56. The second kappa shape index (κ2) is 6.53. The maximum absolute atomic E-state index is 3.39. The van der Waals surface area contributed by atoms with Gasteiger partial charge in [-0.3, -0.25) is 4.90 Å². The van der Waals surface area contributed by atoms with Gasteiger partial charge in [0.2, 0.25) is 0 Å². The molecule has 1 aromatic rings. The van der Waals surface area contributed by atoms with Crippen LogP contribution >= 0.6 is 0 Å². The molecule has 1 saturated heterocycles. The van der Waals surface area contributed by atoms with Crippen molar-refractivity contribution in [2.24, 2.45) is 0 Å². The van der Waals surface area contributed by atoms with Crippen molar-refractivity contribution >= 4 is 0 Å². The molecule has 2 atom stereocenters. The maximum atomic E-state index is 3.39. The van der Waals surface area contributed by atoms with Crippen molar-refractivity contribution in [3.63, 3.8) is 0 Å². The molecule has 19 heavy (non-hydrogen) atoms. The Balaban J connectivity index is 2.15. The van der Waals surface area contributed by atoms with Gasteiger partial charge in [0, 0.05) is 24.5 Å². The van der Waals surface area contributed by atoms with E-state index in [2.05, 4.69) is 61.4 Å². The predicted octanol–water partition coefficient (Wildman–Crippen LogP) is 3.04. The zero-order chi connectivity index (χ0) is 13.7. The lowest BCUT2D eigenvalue weighted by atomic mass is 9.81. The van der Waals surface area contributed by atoms with Gasteiger partial charge < -0.3 is 5.32 Å². The molecule has 1 aliphatic rings. The number of hydrogen-bond donors (Lipinski definition) is 1. The second-order valence-electron chi connectivity index (χ2n) is 6.13. The van der Waals surface area contributed by atoms with Crippen molar-refractivity contribution in [3.05, 3.63) is 35.9 Å². The fourth-order valence-corrected chi connectivity index (χ4v) is 3.49. The lowest BCUT2D eigenvalue weighted by Crippen LogP contribution is -2.46. The number of likely N-dealkylation sites (N-methyl/N-ethyl adjacent to an activating group) is 1. The van der Waals surface area contributed by atoms with E-state index in [1.54, 1.807) is 0 Å². The molecule has 0 aromatic heterocycles. The zero-order valence-corrected chi connectivity index (χ0v) is 12.7. The Hall–Kier alpha value is -0.860. The molecular formula is C17H28N2. The topological polar surface area (TPSA) is 15.3 Å². The van der Waals surface area contributed by atoms with Crippen molar-refractivity contribution in [3.8, 4) is 0 Å². The fourth-order valence-electron chi connectivity index (χ4n) is 3.49. The van der Waals surface area contributed by atoms with E-state index in [0.29, 0.717) is 0 Å².